The number of aromatic nitrogens is 1. The minimum Gasteiger partial charge on any atom is -0.489 e. The van der Waals surface area contributed by atoms with Crippen LogP contribution in [0.1, 0.15) is 18.5 Å². The molecule has 0 spiro atoms. The Balaban J connectivity index is 1.62. The first-order chi connectivity index (χ1) is 11.4. The van der Waals surface area contributed by atoms with Crippen LogP contribution in [0.5, 0.6) is 5.75 Å². The number of ether oxygens (including phenoxy) is 1. The molecule has 1 aromatic carbocycles. The number of pyridine rings is 1. The quantitative estimate of drug-likeness (QED) is 0.789. The van der Waals surface area contributed by atoms with Gasteiger partial charge in [0.15, 0.2) is 0 Å². The second-order valence-corrected chi connectivity index (χ2v) is 6.02. The summed E-state index contributed by atoms with van der Waals surface area (Å²) >= 11 is 6.08. The number of hydrogen-bond donors (Lipinski definition) is 0. The Morgan fingerprint density at radius 3 is 2.42 bits per heavy atom. The highest BCUT2D eigenvalue weighted by Gasteiger charge is 2.33. The van der Waals surface area contributed by atoms with E-state index in [2.05, 4.69) is 4.98 Å². The van der Waals surface area contributed by atoms with Gasteiger partial charge in [-0.1, -0.05) is 29.8 Å². The third-order valence-electron chi connectivity index (χ3n) is 3.92. The Kier molecular flexibility index (Phi) is 4.85. The molecule has 0 amide bonds. The van der Waals surface area contributed by atoms with Gasteiger partial charge >= 0.3 is 6.18 Å². The van der Waals surface area contributed by atoms with E-state index >= 15 is 0 Å². The summed E-state index contributed by atoms with van der Waals surface area (Å²) in [5.74, 6) is 0.982. The number of rotatable bonds is 3. The van der Waals surface area contributed by atoms with Gasteiger partial charge < -0.3 is 9.64 Å². The lowest BCUT2D eigenvalue weighted by atomic mass is 10.1. The summed E-state index contributed by atoms with van der Waals surface area (Å²) in [5, 5.41) is 0.555. The molecule has 3 nitrogen and oxygen atoms in total. The molecule has 1 fully saturated rings. The molecule has 0 unspecified atom stereocenters. The average Bonchev–Trinajstić information content (AvgIpc) is 2.57. The van der Waals surface area contributed by atoms with Crippen molar-refractivity contribution in [3.63, 3.8) is 0 Å². The SMILES string of the molecule is FC(F)(F)c1cccc(N2CCC(Oc3ccccc3Cl)CC2)n1. The molecule has 0 radical (unpaired) electrons. The molecule has 3 rings (SSSR count). The lowest BCUT2D eigenvalue weighted by Crippen LogP contribution is -2.38. The number of alkyl halides is 3. The van der Waals surface area contributed by atoms with Gasteiger partial charge in [0.2, 0.25) is 0 Å². The van der Waals surface area contributed by atoms with Crippen molar-refractivity contribution in [3.8, 4) is 5.75 Å². The maximum Gasteiger partial charge on any atom is 0.433 e. The van der Waals surface area contributed by atoms with Gasteiger partial charge in [-0.25, -0.2) is 4.98 Å². The van der Waals surface area contributed by atoms with Crippen molar-refractivity contribution in [1.29, 1.82) is 0 Å². The van der Waals surface area contributed by atoms with Crippen molar-refractivity contribution < 1.29 is 17.9 Å². The Morgan fingerprint density at radius 1 is 1.04 bits per heavy atom. The smallest absolute Gasteiger partial charge is 0.433 e. The molecule has 0 aliphatic carbocycles. The molecule has 0 atom stereocenters. The lowest BCUT2D eigenvalue weighted by molar-refractivity contribution is -0.141. The van der Waals surface area contributed by atoms with Gasteiger partial charge in [-0.3, -0.25) is 0 Å². The summed E-state index contributed by atoms with van der Waals surface area (Å²) in [6.45, 7) is 1.17. The van der Waals surface area contributed by atoms with Crippen LogP contribution in [0.4, 0.5) is 19.0 Å². The molecule has 7 heteroatoms. The first kappa shape index (κ1) is 16.9. The molecule has 1 aromatic heterocycles. The highest BCUT2D eigenvalue weighted by Crippen LogP contribution is 2.30. The van der Waals surface area contributed by atoms with Crippen molar-refractivity contribution in [2.45, 2.75) is 25.1 Å². The minimum absolute atomic E-state index is 0.00745. The zero-order valence-electron chi connectivity index (χ0n) is 12.8. The van der Waals surface area contributed by atoms with Crippen molar-refractivity contribution in [2.75, 3.05) is 18.0 Å². The number of para-hydroxylation sites is 1. The average molecular weight is 357 g/mol. The van der Waals surface area contributed by atoms with Gasteiger partial charge in [0.1, 0.15) is 23.4 Å². The van der Waals surface area contributed by atoms with Crippen LogP contribution in [-0.2, 0) is 6.18 Å². The van der Waals surface area contributed by atoms with Crippen LogP contribution >= 0.6 is 11.6 Å². The largest absolute Gasteiger partial charge is 0.489 e. The fourth-order valence-corrected chi connectivity index (χ4v) is 2.86. The molecule has 1 aliphatic heterocycles. The Labute approximate surface area is 143 Å². The molecule has 0 bridgehead atoms. The predicted octanol–water partition coefficient (Wildman–Crippen LogP) is 4.80. The fraction of sp³-hybridized carbons (Fsp3) is 0.353. The number of halogens is 4. The maximum absolute atomic E-state index is 12.8. The van der Waals surface area contributed by atoms with Gasteiger partial charge in [-0.15, -0.1) is 0 Å². The zero-order chi connectivity index (χ0) is 17.2. The standard InChI is InChI=1S/C17H16ClF3N2O/c18-13-4-1-2-5-14(13)24-12-8-10-23(11-9-12)16-7-3-6-15(22-16)17(19,20)21/h1-7,12H,8-11H2. The molecule has 2 aromatic rings. The van der Waals surface area contributed by atoms with Crippen LogP contribution in [0.15, 0.2) is 42.5 Å². The number of nitrogens with zero attached hydrogens (tertiary/aromatic N) is 2. The van der Waals surface area contributed by atoms with E-state index in [0.717, 1.165) is 6.07 Å². The monoisotopic (exact) mass is 356 g/mol. The third-order valence-corrected chi connectivity index (χ3v) is 4.23. The van der Waals surface area contributed by atoms with Gasteiger partial charge in [0, 0.05) is 25.9 Å². The van der Waals surface area contributed by atoms with Crippen LogP contribution in [-0.4, -0.2) is 24.2 Å². The van der Waals surface area contributed by atoms with E-state index in [1.54, 1.807) is 12.1 Å². The molecule has 1 saturated heterocycles. The van der Waals surface area contributed by atoms with E-state index in [-0.39, 0.29) is 6.10 Å². The molecular formula is C17H16ClF3N2O. The summed E-state index contributed by atoms with van der Waals surface area (Å²) in [6, 6.07) is 11.2. The van der Waals surface area contributed by atoms with Gasteiger partial charge in [-0.2, -0.15) is 13.2 Å². The maximum atomic E-state index is 12.8. The molecular weight excluding hydrogens is 341 g/mol. The van der Waals surface area contributed by atoms with E-state index in [4.69, 9.17) is 16.3 Å². The fourth-order valence-electron chi connectivity index (χ4n) is 2.68. The van der Waals surface area contributed by atoms with Crippen LogP contribution in [0.25, 0.3) is 0 Å². The Bertz CT molecular complexity index is 700. The van der Waals surface area contributed by atoms with E-state index in [1.165, 1.54) is 6.07 Å². The topological polar surface area (TPSA) is 25.4 Å². The number of anilines is 1. The first-order valence-corrected chi connectivity index (χ1v) is 8.01. The number of benzene rings is 1. The zero-order valence-corrected chi connectivity index (χ0v) is 13.5. The summed E-state index contributed by atoms with van der Waals surface area (Å²) in [6.07, 6.45) is -3.04. The van der Waals surface area contributed by atoms with Crippen LogP contribution in [0, 0.1) is 0 Å². The summed E-state index contributed by atoms with van der Waals surface area (Å²) in [5.41, 5.74) is -0.866. The van der Waals surface area contributed by atoms with Crippen molar-refractivity contribution in [2.24, 2.45) is 0 Å². The predicted molar refractivity (Wildman–Crippen MR) is 86.6 cm³/mol. The van der Waals surface area contributed by atoms with E-state index in [0.29, 0.717) is 42.5 Å². The van der Waals surface area contributed by atoms with Gasteiger partial charge in [-0.05, 0) is 24.3 Å². The summed E-state index contributed by atoms with van der Waals surface area (Å²) in [4.78, 5) is 5.58. The van der Waals surface area contributed by atoms with Crippen molar-refractivity contribution >= 4 is 17.4 Å². The Morgan fingerprint density at radius 2 is 1.75 bits per heavy atom. The molecule has 0 saturated carbocycles. The van der Waals surface area contributed by atoms with Crippen molar-refractivity contribution in [1.82, 2.24) is 4.98 Å². The van der Waals surface area contributed by atoms with Crippen molar-refractivity contribution in [3.05, 3.63) is 53.2 Å². The van der Waals surface area contributed by atoms with Crippen LogP contribution in [0.3, 0.4) is 0 Å². The normalized spacial score (nSPS) is 16.2. The summed E-state index contributed by atoms with van der Waals surface area (Å²) in [7, 11) is 0. The third kappa shape index (κ3) is 3.93. The van der Waals surface area contributed by atoms with Crippen LogP contribution in [0.2, 0.25) is 5.02 Å². The molecule has 1 aliphatic rings. The lowest BCUT2D eigenvalue weighted by Gasteiger charge is -2.33. The van der Waals surface area contributed by atoms with E-state index in [9.17, 15) is 13.2 Å². The second kappa shape index (κ2) is 6.89. The molecule has 0 N–H and O–H groups in total. The minimum atomic E-state index is -4.43. The van der Waals surface area contributed by atoms with Gasteiger partial charge in [0.25, 0.3) is 0 Å². The van der Waals surface area contributed by atoms with Gasteiger partial charge in [0.05, 0.1) is 5.02 Å². The van der Waals surface area contributed by atoms with Crippen LogP contribution < -0.4 is 9.64 Å². The molecule has 128 valence electrons. The highest BCUT2D eigenvalue weighted by molar-refractivity contribution is 6.32. The number of piperidine rings is 1. The van der Waals surface area contributed by atoms with E-state index < -0.39 is 11.9 Å². The summed E-state index contributed by atoms with van der Waals surface area (Å²) < 4.78 is 44.2. The van der Waals surface area contributed by atoms with E-state index in [1.807, 2.05) is 23.1 Å². The second-order valence-electron chi connectivity index (χ2n) is 5.61. The Hall–Kier alpha value is -1.95. The highest BCUT2D eigenvalue weighted by atomic mass is 35.5. The molecule has 24 heavy (non-hydrogen) atoms. The first-order valence-electron chi connectivity index (χ1n) is 7.64. The molecule has 2 heterocycles. The number of hydrogen-bond acceptors (Lipinski definition) is 3.